The number of guanidine groups is 1. The highest BCUT2D eigenvalue weighted by atomic mass is 16.5. The Morgan fingerprint density at radius 3 is 3.05 bits per heavy atom. The van der Waals surface area contributed by atoms with E-state index in [2.05, 4.69) is 22.2 Å². The Labute approximate surface area is 119 Å². The van der Waals surface area contributed by atoms with Crippen molar-refractivity contribution in [3.8, 4) is 5.75 Å². The summed E-state index contributed by atoms with van der Waals surface area (Å²) in [6, 6.07) is 6.01. The van der Waals surface area contributed by atoms with E-state index in [4.69, 9.17) is 10.5 Å². The summed E-state index contributed by atoms with van der Waals surface area (Å²) < 4.78 is 5.42. The lowest BCUT2D eigenvalue weighted by Gasteiger charge is -2.07. The van der Waals surface area contributed by atoms with Crippen LogP contribution < -0.4 is 15.8 Å². The van der Waals surface area contributed by atoms with Crippen molar-refractivity contribution < 1.29 is 4.74 Å². The number of hydrogen-bond donors (Lipinski definition) is 3. The number of H-pyrrole nitrogens is 1. The van der Waals surface area contributed by atoms with Gasteiger partial charge >= 0.3 is 0 Å². The molecule has 2 aromatic rings. The van der Waals surface area contributed by atoms with E-state index < -0.39 is 0 Å². The summed E-state index contributed by atoms with van der Waals surface area (Å²) in [7, 11) is 1.69. The fourth-order valence-corrected chi connectivity index (χ4v) is 2.20. The molecule has 1 aromatic heterocycles. The maximum atomic E-state index is 5.77. The molecule has 0 aliphatic carbocycles. The van der Waals surface area contributed by atoms with Crippen molar-refractivity contribution in [2.24, 2.45) is 10.7 Å². The Morgan fingerprint density at radius 1 is 1.45 bits per heavy atom. The predicted molar refractivity (Wildman–Crippen MR) is 83.3 cm³/mol. The van der Waals surface area contributed by atoms with Crippen LogP contribution in [0.5, 0.6) is 5.75 Å². The van der Waals surface area contributed by atoms with E-state index >= 15 is 0 Å². The Morgan fingerprint density at radius 2 is 2.30 bits per heavy atom. The molecule has 108 valence electrons. The molecule has 0 saturated heterocycles. The second-order valence-electron chi connectivity index (χ2n) is 4.64. The normalized spacial score (nSPS) is 11.8. The van der Waals surface area contributed by atoms with Gasteiger partial charge < -0.3 is 20.8 Å². The van der Waals surface area contributed by atoms with Crippen LogP contribution in [0.2, 0.25) is 0 Å². The molecule has 5 nitrogen and oxygen atoms in total. The van der Waals surface area contributed by atoms with Gasteiger partial charge in [-0.3, -0.25) is 4.99 Å². The summed E-state index contributed by atoms with van der Waals surface area (Å²) >= 11 is 0. The monoisotopic (exact) mass is 274 g/mol. The molecule has 0 radical (unpaired) electrons. The van der Waals surface area contributed by atoms with Gasteiger partial charge in [0.25, 0.3) is 0 Å². The van der Waals surface area contributed by atoms with E-state index in [1.807, 2.05) is 24.4 Å². The van der Waals surface area contributed by atoms with Crippen LogP contribution in [-0.2, 0) is 6.42 Å². The number of nitrogens with two attached hydrogens (primary N) is 1. The van der Waals surface area contributed by atoms with Crippen LogP contribution in [0.4, 0.5) is 0 Å². The maximum absolute atomic E-state index is 5.77. The zero-order valence-corrected chi connectivity index (χ0v) is 12.1. The second kappa shape index (κ2) is 6.84. The third kappa shape index (κ3) is 3.23. The number of aromatic amines is 1. The average molecular weight is 274 g/mol. The summed E-state index contributed by atoms with van der Waals surface area (Å²) in [5.74, 6) is 1.41. The van der Waals surface area contributed by atoms with Crippen molar-refractivity contribution in [2.75, 3.05) is 20.2 Å². The molecule has 4 N–H and O–H groups in total. The first-order valence-corrected chi connectivity index (χ1v) is 6.93. The topological polar surface area (TPSA) is 75.4 Å². The quantitative estimate of drug-likeness (QED) is 0.557. The molecule has 0 amide bonds. The summed E-state index contributed by atoms with van der Waals surface area (Å²) in [6.45, 7) is 3.60. The Kier molecular flexibility index (Phi) is 4.87. The Bertz CT molecular complexity index is 589. The van der Waals surface area contributed by atoms with Gasteiger partial charge in [0.2, 0.25) is 0 Å². The van der Waals surface area contributed by atoms with Gasteiger partial charge in [-0.1, -0.05) is 13.0 Å². The molecule has 5 heteroatoms. The van der Waals surface area contributed by atoms with Crippen LogP contribution in [0.15, 0.2) is 29.4 Å². The third-order valence-electron chi connectivity index (χ3n) is 3.18. The van der Waals surface area contributed by atoms with Crippen LogP contribution in [0, 0.1) is 0 Å². The third-order valence-corrected chi connectivity index (χ3v) is 3.18. The van der Waals surface area contributed by atoms with Gasteiger partial charge in [-0.25, -0.2) is 0 Å². The van der Waals surface area contributed by atoms with E-state index in [1.54, 1.807) is 7.11 Å². The zero-order valence-electron chi connectivity index (χ0n) is 12.1. The fourth-order valence-electron chi connectivity index (χ4n) is 2.20. The van der Waals surface area contributed by atoms with Crippen LogP contribution in [0.25, 0.3) is 10.9 Å². The average Bonchev–Trinajstić information content (AvgIpc) is 2.88. The van der Waals surface area contributed by atoms with E-state index in [0.29, 0.717) is 5.96 Å². The molecule has 0 aliphatic heterocycles. The van der Waals surface area contributed by atoms with Crippen molar-refractivity contribution in [1.82, 2.24) is 10.3 Å². The fraction of sp³-hybridized carbons (Fsp3) is 0.400. The van der Waals surface area contributed by atoms with Crippen LogP contribution in [0.3, 0.4) is 0 Å². The number of aromatic nitrogens is 1. The number of methoxy groups -OCH3 is 1. The summed E-state index contributed by atoms with van der Waals surface area (Å²) in [5.41, 5.74) is 8.08. The molecule has 0 spiro atoms. The molecule has 0 fully saturated rings. The molecule has 1 aromatic carbocycles. The highest BCUT2D eigenvalue weighted by Crippen LogP contribution is 2.28. The first-order valence-electron chi connectivity index (χ1n) is 6.93. The molecule has 2 rings (SSSR count). The van der Waals surface area contributed by atoms with E-state index in [9.17, 15) is 0 Å². The van der Waals surface area contributed by atoms with Crippen molar-refractivity contribution >= 4 is 16.9 Å². The minimum absolute atomic E-state index is 0.513. The summed E-state index contributed by atoms with van der Waals surface area (Å²) in [6.07, 6.45) is 3.89. The number of rotatable bonds is 6. The first-order chi connectivity index (χ1) is 9.76. The standard InChI is InChI=1S/C15H22N4O/c1-3-8-17-15(16)18-9-7-11-10-19-12-5-4-6-13(20-2)14(11)12/h4-6,10,19H,3,7-9H2,1-2H3,(H3,16,17,18). The largest absolute Gasteiger partial charge is 0.496 e. The molecule has 20 heavy (non-hydrogen) atoms. The highest BCUT2D eigenvalue weighted by molar-refractivity contribution is 5.89. The Hall–Kier alpha value is -2.17. The van der Waals surface area contributed by atoms with Crippen LogP contribution in [0.1, 0.15) is 18.9 Å². The van der Waals surface area contributed by atoms with Gasteiger partial charge in [-0.15, -0.1) is 0 Å². The maximum Gasteiger partial charge on any atom is 0.188 e. The first kappa shape index (κ1) is 14.2. The SMILES string of the molecule is CCCN=C(N)NCCc1c[nH]c2cccc(OC)c12. The van der Waals surface area contributed by atoms with Crippen molar-refractivity contribution in [3.05, 3.63) is 30.0 Å². The lowest BCUT2D eigenvalue weighted by atomic mass is 10.1. The number of nitrogens with zero attached hydrogens (tertiary/aromatic N) is 1. The van der Waals surface area contributed by atoms with Crippen LogP contribution >= 0.6 is 0 Å². The minimum atomic E-state index is 0.513. The number of aliphatic imine (C=N–C) groups is 1. The molecular weight excluding hydrogens is 252 g/mol. The van der Waals surface area contributed by atoms with E-state index in [1.165, 1.54) is 5.56 Å². The molecular formula is C15H22N4O. The number of benzene rings is 1. The number of hydrogen-bond acceptors (Lipinski definition) is 2. The molecule has 0 unspecified atom stereocenters. The van der Waals surface area contributed by atoms with Gasteiger partial charge in [-0.05, 0) is 30.5 Å². The lowest BCUT2D eigenvalue weighted by molar-refractivity contribution is 0.419. The molecule has 1 heterocycles. The summed E-state index contributed by atoms with van der Waals surface area (Å²) in [4.78, 5) is 7.47. The Balaban J connectivity index is 2.03. The lowest BCUT2D eigenvalue weighted by Crippen LogP contribution is -2.33. The van der Waals surface area contributed by atoms with Gasteiger partial charge in [0.05, 0.1) is 7.11 Å². The number of fused-ring (bicyclic) bond motifs is 1. The summed E-state index contributed by atoms with van der Waals surface area (Å²) in [5, 5.41) is 4.27. The van der Waals surface area contributed by atoms with Gasteiger partial charge in [-0.2, -0.15) is 0 Å². The molecule has 0 atom stereocenters. The van der Waals surface area contributed by atoms with Crippen molar-refractivity contribution in [2.45, 2.75) is 19.8 Å². The predicted octanol–water partition coefficient (Wildman–Crippen LogP) is 2.03. The number of nitrogens with one attached hydrogen (secondary N) is 2. The number of ether oxygens (including phenoxy) is 1. The zero-order chi connectivity index (χ0) is 14.4. The molecule has 0 aliphatic rings. The smallest absolute Gasteiger partial charge is 0.188 e. The van der Waals surface area contributed by atoms with Gasteiger partial charge in [0.15, 0.2) is 5.96 Å². The van der Waals surface area contributed by atoms with Gasteiger partial charge in [0.1, 0.15) is 5.75 Å². The highest BCUT2D eigenvalue weighted by Gasteiger charge is 2.08. The van der Waals surface area contributed by atoms with E-state index in [-0.39, 0.29) is 0 Å². The minimum Gasteiger partial charge on any atom is -0.496 e. The van der Waals surface area contributed by atoms with Crippen molar-refractivity contribution in [1.29, 1.82) is 0 Å². The second-order valence-corrected chi connectivity index (χ2v) is 4.64. The van der Waals surface area contributed by atoms with Gasteiger partial charge in [0, 0.05) is 30.2 Å². The molecule has 0 bridgehead atoms. The van der Waals surface area contributed by atoms with E-state index in [0.717, 1.165) is 42.6 Å². The molecule has 0 saturated carbocycles. The van der Waals surface area contributed by atoms with Crippen molar-refractivity contribution in [3.63, 3.8) is 0 Å². The van der Waals surface area contributed by atoms with Crippen LogP contribution in [-0.4, -0.2) is 31.1 Å².